The summed E-state index contributed by atoms with van der Waals surface area (Å²) in [6.07, 6.45) is -1.24. The van der Waals surface area contributed by atoms with Crippen LogP contribution in [0, 0.1) is 22.0 Å². The molecular formula is C28H37N7O9S. The van der Waals surface area contributed by atoms with Crippen molar-refractivity contribution in [3.8, 4) is 0 Å². The van der Waals surface area contributed by atoms with Crippen LogP contribution in [0.25, 0.3) is 0 Å². The van der Waals surface area contributed by atoms with Crippen LogP contribution in [0.2, 0.25) is 0 Å². The topological polar surface area (TPSA) is 233 Å². The molecule has 2 saturated heterocycles. The number of likely N-dealkylation sites (tertiary alicyclic amines) is 1. The van der Waals surface area contributed by atoms with Gasteiger partial charge in [0.25, 0.3) is 5.69 Å². The number of esters is 1. The summed E-state index contributed by atoms with van der Waals surface area (Å²) in [6, 6.07) is 4.98. The molecule has 6 atom stereocenters. The van der Waals surface area contributed by atoms with Gasteiger partial charge in [-0.1, -0.05) is 6.92 Å². The number of nitrogens with two attached hydrogens (primary N) is 2. The lowest BCUT2D eigenvalue weighted by atomic mass is 9.79. The summed E-state index contributed by atoms with van der Waals surface area (Å²) in [7, 11) is 0. The quantitative estimate of drug-likeness (QED) is 0.0531. The molecule has 2 fully saturated rings. The Bertz CT molecular complexity index is 1440. The van der Waals surface area contributed by atoms with Gasteiger partial charge < -0.3 is 30.9 Å². The first-order valence-electron chi connectivity index (χ1n) is 14.1. The number of carbonyl (C=O) groups is 4. The van der Waals surface area contributed by atoms with E-state index in [2.05, 4.69) is 10.5 Å². The zero-order valence-corrected chi connectivity index (χ0v) is 26.3. The molecule has 0 radical (unpaired) electrons. The number of nitrogens with zero attached hydrogens (tertiary/aromatic N) is 4. The number of guanidine groups is 1. The van der Waals surface area contributed by atoms with Gasteiger partial charge in [-0.3, -0.25) is 30.0 Å². The van der Waals surface area contributed by atoms with Crippen molar-refractivity contribution in [2.24, 2.45) is 28.4 Å². The number of hydrazone groups is 1. The van der Waals surface area contributed by atoms with Crippen molar-refractivity contribution in [3.63, 3.8) is 0 Å². The lowest BCUT2D eigenvalue weighted by Crippen LogP contribution is -2.63. The number of nitrogens with one attached hydrogen (secondary N) is 1. The third-order valence-electron chi connectivity index (χ3n) is 7.71. The minimum atomic E-state index is -1.68. The highest BCUT2D eigenvalue weighted by atomic mass is 32.2. The predicted molar refractivity (Wildman–Crippen MR) is 162 cm³/mol. The number of non-ortho nitro benzene ring substituents is 1. The second-order valence-electron chi connectivity index (χ2n) is 12.2. The number of β-lactam (4-membered cyclic amide) rings is 1. The van der Waals surface area contributed by atoms with E-state index in [1.165, 1.54) is 52.8 Å². The molecule has 3 heterocycles. The number of thioether (sulfide) groups is 1. The zero-order valence-electron chi connectivity index (χ0n) is 25.5. The van der Waals surface area contributed by atoms with Crippen molar-refractivity contribution in [3.05, 3.63) is 50.5 Å². The molecule has 16 nitrogen and oxygen atoms in total. The Hall–Kier alpha value is -4.38. The third kappa shape index (κ3) is 6.68. The van der Waals surface area contributed by atoms with E-state index in [-0.39, 0.29) is 36.9 Å². The second kappa shape index (κ2) is 12.5. The van der Waals surface area contributed by atoms with Gasteiger partial charge in [0, 0.05) is 41.2 Å². The minimum absolute atomic E-state index is 0.00548. The molecule has 0 spiro atoms. The minimum Gasteiger partial charge on any atom is -0.456 e. The standard InChI is InChI=1S/C28H37N7O9S/c1-14-20-19(15(2)37)23(38)34(20)21(24(39)43-12-16-6-8-17(9-7-16)35(41)42)22(14)45-18-10-28(13-36,32-31-25(29)30)33(11-18)26(40)44-27(3,4)5/h6-9,13-15,18-20,32,37H,10-12H2,1-5H3,(H4,29,30,31)/t14-,15-,18+,19-,20-,28-/m1/s1. The Balaban J connectivity index is 1.65. The van der Waals surface area contributed by atoms with Crippen LogP contribution in [0.1, 0.15) is 46.6 Å². The normalized spacial score (nSPS) is 26.5. The van der Waals surface area contributed by atoms with Gasteiger partial charge in [-0.2, -0.15) is 0 Å². The van der Waals surface area contributed by atoms with Crippen molar-refractivity contribution in [1.82, 2.24) is 15.2 Å². The number of hydrogen-bond acceptors (Lipinski definition) is 12. The van der Waals surface area contributed by atoms with E-state index < -0.39 is 63.4 Å². The lowest BCUT2D eigenvalue weighted by Gasteiger charge is -2.46. The van der Waals surface area contributed by atoms with Crippen LogP contribution >= 0.6 is 11.8 Å². The number of nitro groups is 1. The maximum atomic E-state index is 13.6. The number of benzene rings is 1. The first-order valence-corrected chi connectivity index (χ1v) is 15.0. The summed E-state index contributed by atoms with van der Waals surface area (Å²) in [5.41, 5.74) is 11.4. The van der Waals surface area contributed by atoms with E-state index in [9.17, 15) is 34.4 Å². The molecule has 3 aliphatic rings. The molecule has 3 aliphatic heterocycles. The molecule has 6 N–H and O–H groups in total. The molecule has 0 saturated carbocycles. The number of rotatable bonds is 10. The van der Waals surface area contributed by atoms with Crippen LogP contribution in [0.5, 0.6) is 0 Å². The zero-order chi connectivity index (χ0) is 33.4. The summed E-state index contributed by atoms with van der Waals surface area (Å²) in [5, 5.41) is 24.6. The number of aldehydes is 1. The number of ether oxygens (including phenoxy) is 2. The molecule has 0 aliphatic carbocycles. The highest BCUT2D eigenvalue weighted by Crippen LogP contribution is 2.53. The van der Waals surface area contributed by atoms with Gasteiger partial charge in [0.1, 0.15) is 17.9 Å². The van der Waals surface area contributed by atoms with Crippen LogP contribution in [0.3, 0.4) is 0 Å². The van der Waals surface area contributed by atoms with Gasteiger partial charge in [-0.15, -0.1) is 16.9 Å². The highest BCUT2D eigenvalue weighted by molar-refractivity contribution is 8.03. The van der Waals surface area contributed by atoms with Crippen molar-refractivity contribution in [2.45, 2.75) is 76.3 Å². The first kappa shape index (κ1) is 33.5. The van der Waals surface area contributed by atoms with Crippen LogP contribution < -0.4 is 16.9 Å². The Morgan fingerprint density at radius 2 is 1.96 bits per heavy atom. The molecule has 45 heavy (non-hydrogen) atoms. The molecule has 244 valence electrons. The number of fused-ring (bicyclic) bond motifs is 1. The van der Waals surface area contributed by atoms with E-state index in [1.54, 1.807) is 20.8 Å². The number of aliphatic hydroxyl groups excluding tert-OH is 1. The fourth-order valence-corrected chi connectivity index (χ4v) is 7.27. The molecule has 0 unspecified atom stereocenters. The summed E-state index contributed by atoms with van der Waals surface area (Å²) in [6.45, 7) is 8.14. The Morgan fingerprint density at radius 1 is 1.31 bits per heavy atom. The number of nitro benzene ring substituents is 1. The van der Waals surface area contributed by atoms with E-state index in [0.717, 1.165) is 0 Å². The average Bonchev–Trinajstić information content (AvgIpc) is 3.43. The largest absolute Gasteiger partial charge is 0.456 e. The smallest absolute Gasteiger partial charge is 0.412 e. The Labute approximate surface area is 263 Å². The molecule has 17 heteroatoms. The molecule has 0 bridgehead atoms. The number of amides is 2. The van der Waals surface area contributed by atoms with E-state index >= 15 is 0 Å². The molecule has 2 amide bonds. The molecular weight excluding hydrogens is 610 g/mol. The van der Waals surface area contributed by atoms with Gasteiger partial charge >= 0.3 is 12.1 Å². The third-order valence-corrected chi connectivity index (χ3v) is 9.17. The maximum absolute atomic E-state index is 13.6. The average molecular weight is 648 g/mol. The number of hydrogen-bond donors (Lipinski definition) is 4. The van der Waals surface area contributed by atoms with E-state index in [1.807, 2.05) is 6.92 Å². The van der Waals surface area contributed by atoms with Crippen LogP contribution in [0.15, 0.2) is 40.0 Å². The van der Waals surface area contributed by atoms with Gasteiger partial charge in [-0.05, 0) is 45.4 Å². The van der Waals surface area contributed by atoms with Crippen LogP contribution in [-0.2, 0) is 30.5 Å². The van der Waals surface area contributed by atoms with Crippen molar-refractivity contribution >= 4 is 47.7 Å². The number of carbonyl (C=O) groups excluding carboxylic acids is 4. The Morgan fingerprint density at radius 3 is 2.49 bits per heavy atom. The summed E-state index contributed by atoms with van der Waals surface area (Å²) >= 11 is 1.21. The highest BCUT2D eigenvalue weighted by Gasteiger charge is 2.61. The van der Waals surface area contributed by atoms with Gasteiger partial charge in [0.2, 0.25) is 11.9 Å². The molecule has 1 aromatic carbocycles. The fourth-order valence-electron chi connectivity index (χ4n) is 5.71. The van der Waals surface area contributed by atoms with Crippen molar-refractivity contribution < 1.29 is 38.7 Å². The maximum Gasteiger partial charge on any atom is 0.412 e. The van der Waals surface area contributed by atoms with Crippen LogP contribution in [0.4, 0.5) is 10.5 Å². The van der Waals surface area contributed by atoms with Crippen molar-refractivity contribution in [1.29, 1.82) is 0 Å². The SMILES string of the molecule is C[C@@H](O)[C@H]1C(=O)N2C(C(=O)OCc3ccc([N+](=O)[O-])cc3)=C(S[C@@H]3CN(C(=O)OC(C)(C)C)[C@](C=O)(NN=C(N)N)C3)[C@H](C)[C@H]12. The Kier molecular flexibility index (Phi) is 9.35. The van der Waals surface area contributed by atoms with Crippen molar-refractivity contribution in [2.75, 3.05) is 6.54 Å². The van der Waals surface area contributed by atoms with E-state index in [4.69, 9.17) is 20.9 Å². The second-order valence-corrected chi connectivity index (χ2v) is 13.5. The van der Waals surface area contributed by atoms with E-state index in [0.29, 0.717) is 16.8 Å². The van der Waals surface area contributed by atoms with Gasteiger partial charge in [-0.25, -0.2) is 9.59 Å². The monoisotopic (exact) mass is 647 g/mol. The summed E-state index contributed by atoms with van der Waals surface area (Å²) < 4.78 is 11.1. The van der Waals surface area contributed by atoms with Gasteiger partial charge in [0.15, 0.2) is 11.9 Å². The molecule has 0 aromatic heterocycles. The molecule has 4 rings (SSSR count). The van der Waals surface area contributed by atoms with Crippen LogP contribution in [-0.4, -0.2) is 85.2 Å². The fraction of sp³-hybridized carbons (Fsp3) is 0.536. The number of aliphatic hydroxyl groups is 1. The summed E-state index contributed by atoms with van der Waals surface area (Å²) in [4.78, 5) is 65.9. The van der Waals surface area contributed by atoms with Gasteiger partial charge in [0.05, 0.1) is 23.0 Å². The first-order chi connectivity index (χ1) is 21.0. The lowest BCUT2D eigenvalue weighted by molar-refractivity contribution is -0.384. The summed E-state index contributed by atoms with van der Waals surface area (Å²) in [5.74, 6) is -2.74. The predicted octanol–water partition coefficient (Wildman–Crippen LogP) is 1.12. The molecule has 1 aromatic rings.